The van der Waals surface area contributed by atoms with Gasteiger partial charge in [-0.15, -0.1) is 0 Å². The fourth-order valence-corrected chi connectivity index (χ4v) is 3.07. The molecule has 1 atom stereocenters. The molecule has 0 radical (unpaired) electrons. The van der Waals surface area contributed by atoms with Crippen LogP contribution in [0.1, 0.15) is 32.5 Å². The van der Waals surface area contributed by atoms with Gasteiger partial charge in [0.2, 0.25) is 0 Å². The SMILES string of the molecule is CCOC(=O)[C@H]1CCCN(c2nc(CC)nc3c2cnn3C)C1. The zero-order valence-electron chi connectivity index (χ0n) is 13.9. The second-order valence-electron chi connectivity index (χ2n) is 5.86. The van der Waals surface area contributed by atoms with Gasteiger partial charge in [0.05, 0.1) is 24.1 Å². The standard InChI is InChI=1S/C16H23N5O2/c1-4-13-18-14-12(9-17-20(14)3)15(19-13)21-8-6-7-11(10-21)16(22)23-5-2/h9,11H,4-8,10H2,1-3H3/t11-/m0/s1. The first kappa shape index (κ1) is 15.7. The number of hydrogen-bond donors (Lipinski definition) is 0. The van der Waals surface area contributed by atoms with Crippen LogP contribution in [0, 0.1) is 5.92 Å². The molecule has 3 rings (SSSR count). The van der Waals surface area contributed by atoms with E-state index in [4.69, 9.17) is 9.72 Å². The second kappa shape index (κ2) is 6.52. The molecule has 2 aromatic rings. The smallest absolute Gasteiger partial charge is 0.310 e. The van der Waals surface area contributed by atoms with E-state index in [-0.39, 0.29) is 11.9 Å². The third-order valence-corrected chi connectivity index (χ3v) is 4.28. The second-order valence-corrected chi connectivity index (χ2v) is 5.86. The zero-order chi connectivity index (χ0) is 16.4. The van der Waals surface area contributed by atoms with Crippen LogP contribution < -0.4 is 4.90 Å². The maximum Gasteiger partial charge on any atom is 0.310 e. The van der Waals surface area contributed by atoms with E-state index < -0.39 is 0 Å². The topological polar surface area (TPSA) is 73.1 Å². The van der Waals surface area contributed by atoms with Crippen molar-refractivity contribution in [1.29, 1.82) is 0 Å². The Morgan fingerprint density at radius 2 is 2.22 bits per heavy atom. The number of ether oxygens (including phenoxy) is 1. The summed E-state index contributed by atoms with van der Waals surface area (Å²) in [7, 11) is 1.89. The predicted molar refractivity (Wildman–Crippen MR) is 87.3 cm³/mol. The Labute approximate surface area is 135 Å². The van der Waals surface area contributed by atoms with Crippen LogP contribution in [0.5, 0.6) is 0 Å². The van der Waals surface area contributed by atoms with Gasteiger partial charge in [-0.3, -0.25) is 9.48 Å². The lowest BCUT2D eigenvalue weighted by Crippen LogP contribution is -2.40. The van der Waals surface area contributed by atoms with Crippen molar-refractivity contribution >= 4 is 22.8 Å². The Morgan fingerprint density at radius 3 is 2.96 bits per heavy atom. The van der Waals surface area contributed by atoms with Crippen molar-refractivity contribution in [2.75, 3.05) is 24.6 Å². The number of aromatic nitrogens is 4. The number of rotatable bonds is 4. The monoisotopic (exact) mass is 317 g/mol. The molecule has 1 fully saturated rings. The van der Waals surface area contributed by atoms with Crippen LogP contribution in [-0.2, 0) is 23.0 Å². The first-order valence-electron chi connectivity index (χ1n) is 8.24. The minimum Gasteiger partial charge on any atom is -0.466 e. The number of hydrogen-bond acceptors (Lipinski definition) is 6. The van der Waals surface area contributed by atoms with Crippen molar-refractivity contribution in [3.8, 4) is 0 Å². The summed E-state index contributed by atoms with van der Waals surface area (Å²) in [6, 6.07) is 0. The molecule has 0 saturated carbocycles. The minimum atomic E-state index is -0.107. The van der Waals surface area contributed by atoms with Gasteiger partial charge in [-0.25, -0.2) is 9.97 Å². The molecule has 0 amide bonds. The lowest BCUT2D eigenvalue weighted by molar-refractivity contribution is -0.148. The number of aryl methyl sites for hydroxylation is 2. The average molecular weight is 317 g/mol. The normalized spacial score (nSPS) is 18.4. The molecule has 0 spiro atoms. The summed E-state index contributed by atoms with van der Waals surface area (Å²) in [5, 5.41) is 5.25. The minimum absolute atomic E-state index is 0.0875. The van der Waals surface area contributed by atoms with Crippen molar-refractivity contribution in [2.45, 2.75) is 33.1 Å². The van der Waals surface area contributed by atoms with Crippen LogP contribution in [0.3, 0.4) is 0 Å². The molecule has 0 aliphatic carbocycles. The number of esters is 1. The van der Waals surface area contributed by atoms with Gasteiger partial charge in [-0.1, -0.05) is 6.92 Å². The molecule has 0 unspecified atom stereocenters. The van der Waals surface area contributed by atoms with Crippen molar-refractivity contribution in [1.82, 2.24) is 19.7 Å². The molecule has 3 heterocycles. The maximum absolute atomic E-state index is 12.1. The zero-order valence-corrected chi connectivity index (χ0v) is 13.9. The molecule has 2 aromatic heterocycles. The molecule has 0 N–H and O–H groups in total. The number of fused-ring (bicyclic) bond motifs is 1. The Morgan fingerprint density at radius 1 is 1.39 bits per heavy atom. The molecule has 0 aromatic carbocycles. The van der Waals surface area contributed by atoms with Gasteiger partial charge < -0.3 is 9.64 Å². The highest BCUT2D eigenvalue weighted by molar-refractivity contribution is 5.87. The average Bonchev–Trinajstić information content (AvgIpc) is 2.95. The van der Waals surface area contributed by atoms with Crippen LogP contribution >= 0.6 is 0 Å². The number of carbonyl (C=O) groups is 1. The fraction of sp³-hybridized carbons (Fsp3) is 0.625. The molecule has 23 heavy (non-hydrogen) atoms. The quantitative estimate of drug-likeness (QED) is 0.799. The van der Waals surface area contributed by atoms with E-state index in [0.717, 1.165) is 48.5 Å². The van der Waals surface area contributed by atoms with E-state index in [0.29, 0.717) is 13.2 Å². The number of anilines is 1. The van der Waals surface area contributed by atoms with Crippen LogP contribution in [-0.4, -0.2) is 45.4 Å². The molecule has 0 bridgehead atoms. The summed E-state index contributed by atoms with van der Waals surface area (Å²) in [6.45, 7) is 5.84. The largest absolute Gasteiger partial charge is 0.466 e. The van der Waals surface area contributed by atoms with Gasteiger partial charge in [0.15, 0.2) is 5.65 Å². The Hall–Kier alpha value is -2.18. The highest BCUT2D eigenvalue weighted by atomic mass is 16.5. The van der Waals surface area contributed by atoms with Crippen molar-refractivity contribution in [3.05, 3.63) is 12.0 Å². The van der Waals surface area contributed by atoms with Crippen LogP contribution in [0.15, 0.2) is 6.20 Å². The number of piperidine rings is 1. The molecular weight excluding hydrogens is 294 g/mol. The van der Waals surface area contributed by atoms with E-state index in [1.165, 1.54) is 0 Å². The third kappa shape index (κ3) is 3.00. The summed E-state index contributed by atoms with van der Waals surface area (Å²) in [6.07, 6.45) is 4.40. The first-order chi connectivity index (χ1) is 11.1. The van der Waals surface area contributed by atoms with Gasteiger partial charge in [0.1, 0.15) is 11.6 Å². The molecule has 1 saturated heterocycles. The highest BCUT2D eigenvalue weighted by Crippen LogP contribution is 2.28. The summed E-state index contributed by atoms with van der Waals surface area (Å²) >= 11 is 0. The van der Waals surface area contributed by atoms with Crippen LogP contribution in [0.25, 0.3) is 11.0 Å². The van der Waals surface area contributed by atoms with Gasteiger partial charge >= 0.3 is 5.97 Å². The molecular formula is C16H23N5O2. The van der Waals surface area contributed by atoms with E-state index in [9.17, 15) is 4.79 Å². The van der Waals surface area contributed by atoms with E-state index in [1.807, 2.05) is 20.9 Å². The van der Waals surface area contributed by atoms with Crippen molar-refractivity contribution < 1.29 is 9.53 Å². The van der Waals surface area contributed by atoms with Crippen LogP contribution in [0.2, 0.25) is 0 Å². The Bertz CT molecular complexity index is 712. The van der Waals surface area contributed by atoms with Crippen LogP contribution in [0.4, 0.5) is 5.82 Å². The number of nitrogens with zero attached hydrogens (tertiary/aromatic N) is 5. The summed E-state index contributed by atoms with van der Waals surface area (Å²) < 4.78 is 6.96. The summed E-state index contributed by atoms with van der Waals surface area (Å²) in [5.41, 5.74) is 0.838. The number of carbonyl (C=O) groups excluding carboxylic acids is 1. The van der Waals surface area contributed by atoms with Crippen molar-refractivity contribution in [2.24, 2.45) is 13.0 Å². The van der Waals surface area contributed by atoms with E-state index in [1.54, 1.807) is 10.9 Å². The lowest BCUT2D eigenvalue weighted by Gasteiger charge is -2.32. The predicted octanol–water partition coefficient (Wildman–Crippen LogP) is 1.71. The van der Waals surface area contributed by atoms with Gasteiger partial charge in [-0.05, 0) is 19.8 Å². The Balaban J connectivity index is 1.94. The van der Waals surface area contributed by atoms with Gasteiger partial charge in [-0.2, -0.15) is 5.10 Å². The molecule has 124 valence electrons. The summed E-state index contributed by atoms with van der Waals surface area (Å²) in [5.74, 6) is 1.49. The molecule has 1 aliphatic rings. The molecule has 7 nitrogen and oxygen atoms in total. The van der Waals surface area contributed by atoms with Gasteiger partial charge in [0, 0.05) is 26.6 Å². The van der Waals surface area contributed by atoms with E-state index in [2.05, 4.69) is 15.0 Å². The lowest BCUT2D eigenvalue weighted by atomic mass is 9.98. The highest BCUT2D eigenvalue weighted by Gasteiger charge is 2.29. The van der Waals surface area contributed by atoms with Crippen molar-refractivity contribution in [3.63, 3.8) is 0 Å². The van der Waals surface area contributed by atoms with Gasteiger partial charge in [0.25, 0.3) is 0 Å². The maximum atomic E-state index is 12.1. The van der Waals surface area contributed by atoms with E-state index >= 15 is 0 Å². The fourth-order valence-electron chi connectivity index (χ4n) is 3.07. The molecule has 7 heteroatoms. The summed E-state index contributed by atoms with van der Waals surface area (Å²) in [4.78, 5) is 23.5. The Kier molecular flexibility index (Phi) is 4.45. The first-order valence-corrected chi connectivity index (χ1v) is 8.24. The molecule has 1 aliphatic heterocycles. The third-order valence-electron chi connectivity index (χ3n) is 4.28.